The van der Waals surface area contributed by atoms with Crippen LogP contribution in [0.5, 0.6) is 0 Å². The highest BCUT2D eigenvalue weighted by atomic mass is 19.2. The fourth-order valence-corrected chi connectivity index (χ4v) is 3.31. The van der Waals surface area contributed by atoms with Crippen LogP contribution in [0.1, 0.15) is 24.5 Å². The maximum Gasteiger partial charge on any atom is 0.167 e. The van der Waals surface area contributed by atoms with Crippen molar-refractivity contribution in [1.29, 1.82) is 0 Å². The van der Waals surface area contributed by atoms with Crippen molar-refractivity contribution in [3.63, 3.8) is 0 Å². The molecule has 0 saturated carbocycles. The van der Waals surface area contributed by atoms with Gasteiger partial charge in [-0.05, 0) is 55.0 Å². The molecule has 0 N–H and O–H groups in total. The predicted octanol–water partition coefficient (Wildman–Crippen LogP) is 8.53. The quantitative estimate of drug-likeness (QED) is 0.337. The van der Waals surface area contributed by atoms with Crippen LogP contribution < -0.4 is 0 Å². The summed E-state index contributed by atoms with van der Waals surface area (Å²) in [5.41, 5.74) is 4.73. The molecule has 0 aliphatic carbocycles. The molecule has 0 aliphatic rings. The first kappa shape index (κ1) is 22.4. The van der Waals surface area contributed by atoms with E-state index in [1.807, 2.05) is 31.2 Å². The second-order valence-electron chi connectivity index (χ2n) is 7.79. The molecule has 0 aliphatic heterocycles. The van der Waals surface area contributed by atoms with Gasteiger partial charge in [-0.1, -0.05) is 85.0 Å². The Kier molecular flexibility index (Phi) is 6.96. The Labute approximate surface area is 182 Å². The molecule has 3 heteroatoms. The van der Waals surface area contributed by atoms with Crippen molar-refractivity contribution < 1.29 is 13.2 Å². The molecule has 0 heterocycles. The highest BCUT2D eigenvalue weighted by Gasteiger charge is 2.16. The van der Waals surface area contributed by atoms with E-state index in [4.69, 9.17) is 0 Å². The smallest absolute Gasteiger partial charge is 0.167 e. The zero-order chi connectivity index (χ0) is 22.5. The minimum absolute atomic E-state index is 0.208. The second kappa shape index (κ2) is 9.65. The van der Waals surface area contributed by atoms with Crippen LogP contribution in [-0.4, -0.2) is 0 Å². The molecule has 31 heavy (non-hydrogen) atoms. The Morgan fingerprint density at radius 3 is 1.77 bits per heavy atom. The first-order valence-corrected chi connectivity index (χ1v) is 10.1. The Bertz CT molecular complexity index is 1130. The predicted molar refractivity (Wildman–Crippen MR) is 123 cm³/mol. The van der Waals surface area contributed by atoms with Crippen molar-refractivity contribution in [2.24, 2.45) is 0 Å². The lowest BCUT2D eigenvalue weighted by molar-refractivity contribution is 0.514. The van der Waals surface area contributed by atoms with Crippen molar-refractivity contribution >= 4 is 0 Å². The Morgan fingerprint density at radius 2 is 1.29 bits per heavy atom. The van der Waals surface area contributed by atoms with Gasteiger partial charge in [-0.3, -0.25) is 0 Å². The molecule has 3 aromatic rings. The lowest BCUT2D eigenvalue weighted by Crippen LogP contribution is -1.95. The number of rotatable bonds is 7. The van der Waals surface area contributed by atoms with Crippen LogP contribution in [0.3, 0.4) is 0 Å². The first-order valence-electron chi connectivity index (χ1n) is 10.1. The van der Waals surface area contributed by atoms with Gasteiger partial charge in [0.15, 0.2) is 11.6 Å². The molecule has 158 valence electrons. The molecule has 3 aromatic carbocycles. The summed E-state index contributed by atoms with van der Waals surface area (Å²) < 4.78 is 43.5. The normalized spacial score (nSPS) is 11.5. The number of allylic oxidation sites excluding steroid dienone is 4. The van der Waals surface area contributed by atoms with Gasteiger partial charge in [-0.25, -0.2) is 13.2 Å². The molecule has 0 atom stereocenters. The molecule has 0 spiro atoms. The minimum atomic E-state index is -0.869. The summed E-state index contributed by atoms with van der Waals surface area (Å²) in [4.78, 5) is 0. The SMILES string of the molecule is C=C(C)/C=C(/F)C(=C)CCc1ccc(-c2ccc(-c3ccc(C)cc3)c(F)c2F)cc1. The lowest BCUT2D eigenvalue weighted by Gasteiger charge is -2.10. The van der Waals surface area contributed by atoms with Crippen LogP contribution in [0.2, 0.25) is 0 Å². The van der Waals surface area contributed by atoms with Crippen molar-refractivity contribution in [3.05, 3.63) is 120 Å². The molecule has 0 bridgehead atoms. The van der Waals surface area contributed by atoms with E-state index in [9.17, 15) is 13.2 Å². The summed E-state index contributed by atoms with van der Waals surface area (Å²) >= 11 is 0. The second-order valence-corrected chi connectivity index (χ2v) is 7.79. The Hall–Kier alpha value is -3.33. The van der Waals surface area contributed by atoms with E-state index < -0.39 is 11.6 Å². The highest BCUT2D eigenvalue weighted by Crippen LogP contribution is 2.32. The number of benzene rings is 3. The number of halogens is 3. The summed E-state index contributed by atoms with van der Waals surface area (Å²) in [6.07, 6.45) is 2.42. The third-order valence-electron chi connectivity index (χ3n) is 5.14. The standard InChI is InChI=1S/C28H25F3/c1-18(2)17-26(29)20(4)7-8-21-9-13-23(14-10-21)25-16-15-24(27(30)28(25)31)22-11-5-19(3)6-12-22/h5-6,9-17H,1,4,7-8H2,2-3H3/b26-17+. The fraction of sp³-hybridized carbons (Fsp3) is 0.143. The van der Waals surface area contributed by atoms with E-state index in [1.165, 1.54) is 6.08 Å². The maximum atomic E-state index is 14.8. The molecule has 0 radical (unpaired) electrons. The van der Waals surface area contributed by atoms with Gasteiger partial charge in [0, 0.05) is 11.1 Å². The van der Waals surface area contributed by atoms with E-state index in [0.29, 0.717) is 35.1 Å². The zero-order valence-corrected chi connectivity index (χ0v) is 17.8. The molecule has 0 amide bonds. The largest absolute Gasteiger partial charge is 0.207 e. The van der Waals surface area contributed by atoms with Gasteiger partial charge in [0.2, 0.25) is 0 Å². The van der Waals surface area contributed by atoms with Gasteiger partial charge < -0.3 is 0 Å². The van der Waals surface area contributed by atoms with Crippen molar-refractivity contribution in [3.8, 4) is 22.3 Å². The van der Waals surface area contributed by atoms with E-state index in [2.05, 4.69) is 13.2 Å². The molecule has 0 fully saturated rings. The van der Waals surface area contributed by atoms with Gasteiger partial charge >= 0.3 is 0 Å². The van der Waals surface area contributed by atoms with E-state index in [0.717, 1.165) is 11.1 Å². The summed E-state index contributed by atoms with van der Waals surface area (Å²) in [6.45, 7) is 11.1. The molecule has 3 rings (SSSR count). The Balaban J connectivity index is 1.76. The third kappa shape index (κ3) is 5.43. The molecule has 0 aromatic heterocycles. The average molecular weight is 419 g/mol. The number of aryl methyl sites for hydroxylation is 2. The van der Waals surface area contributed by atoms with E-state index in [1.54, 1.807) is 43.3 Å². The van der Waals surface area contributed by atoms with Crippen LogP contribution in [0.4, 0.5) is 13.2 Å². The fourth-order valence-electron chi connectivity index (χ4n) is 3.31. The van der Waals surface area contributed by atoms with Gasteiger partial charge in [-0.15, -0.1) is 0 Å². The van der Waals surface area contributed by atoms with Crippen LogP contribution in [0.15, 0.2) is 96.9 Å². The van der Waals surface area contributed by atoms with Crippen LogP contribution in [-0.2, 0) is 6.42 Å². The number of hydrogen-bond acceptors (Lipinski definition) is 0. The van der Waals surface area contributed by atoms with Crippen LogP contribution in [0.25, 0.3) is 22.3 Å². The zero-order valence-electron chi connectivity index (χ0n) is 17.8. The first-order chi connectivity index (χ1) is 14.8. The van der Waals surface area contributed by atoms with Crippen molar-refractivity contribution in [2.45, 2.75) is 26.7 Å². The highest BCUT2D eigenvalue weighted by molar-refractivity contribution is 5.72. The van der Waals surface area contributed by atoms with Crippen molar-refractivity contribution in [2.75, 3.05) is 0 Å². The molecular formula is C28H25F3. The van der Waals surface area contributed by atoms with Crippen molar-refractivity contribution in [1.82, 2.24) is 0 Å². The topological polar surface area (TPSA) is 0 Å². The van der Waals surface area contributed by atoms with Gasteiger partial charge in [-0.2, -0.15) is 0 Å². The molecule has 0 unspecified atom stereocenters. The number of hydrogen-bond donors (Lipinski definition) is 0. The van der Waals surface area contributed by atoms with Gasteiger partial charge in [0.1, 0.15) is 5.83 Å². The van der Waals surface area contributed by atoms with Gasteiger partial charge in [0.05, 0.1) is 0 Å². The van der Waals surface area contributed by atoms with Gasteiger partial charge in [0.25, 0.3) is 0 Å². The summed E-state index contributed by atoms with van der Waals surface area (Å²) in [5.74, 6) is -2.09. The third-order valence-corrected chi connectivity index (χ3v) is 5.14. The molecule has 0 nitrogen and oxygen atoms in total. The average Bonchev–Trinajstić information content (AvgIpc) is 2.74. The monoisotopic (exact) mass is 418 g/mol. The summed E-state index contributed by atoms with van der Waals surface area (Å²) in [5, 5.41) is 0. The lowest BCUT2D eigenvalue weighted by atomic mass is 9.97. The summed E-state index contributed by atoms with van der Waals surface area (Å²) in [7, 11) is 0. The van der Waals surface area contributed by atoms with E-state index >= 15 is 0 Å². The van der Waals surface area contributed by atoms with Crippen LogP contribution in [0, 0.1) is 18.6 Å². The molecular weight excluding hydrogens is 393 g/mol. The minimum Gasteiger partial charge on any atom is -0.207 e. The Morgan fingerprint density at radius 1 is 0.806 bits per heavy atom. The molecule has 0 saturated heterocycles. The van der Waals surface area contributed by atoms with Crippen LogP contribution >= 0.6 is 0 Å². The maximum absolute atomic E-state index is 14.8. The summed E-state index contributed by atoms with van der Waals surface area (Å²) in [6, 6.07) is 17.7. The van der Waals surface area contributed by atoms with E-state index in [-0.39, 0.29) is 17.0 Å².